The number of hydrogen-bond acceptors (Lipinski definition) is 3. The van der Waals surface area contributed by atoms with Gasteiger partial charge in [0.2, 0.25) is 0 Å². The van der Waals surface area contributed by atoms with Gasteiger partial charge >= 0.3 is 0 Å². The van der Waals surface area contributed by atoms with Crippen molar-refractivity contribution in [3.63, 3.8) is 0 Å². The molecule has 0 aromatic carbocycles. The minimum atomic E-state index is 0.269. The average Bonchev–Trinajstić information content (AvgIpc) is 2.21. The second-order valence-electron chi connectivity index (χ2n) is 4.43. The SMILES string of the molecule is CCCCOCCCNCC(N)C(C)C. The standard InChI is InChI=1S/C12H28N2O/c1-4-5-8-15-9-6-7-14-10-12(13)11(2)3/h11-12,14H,4-10,13H2,1-3H3. The highest BCUT2D eigenvalue weighted by Crippen LogP contribution is 1.96. The molecule has 92 valence electrons. The molecule has 1 unspecified atom stereocenters. The summed E-state index contributed by atoms with van der Waals surface area (Å²) in [6, 6.07) is 0.269. The van der Waals surface area contributed by atoms with Gasteiger partial charge in [0.05, 0.1) is 0 Å². The first-order valence-electron chi connectivity index (χ1n) is 6.22. The molecule has 0 aromatic rings. The van der Waals surface area contributed by atoms with Crippen LogP contribution in [0.3, 0.4) is 0 Å². The van der Waals surface area contributed by atoms with Gasteiger partial charge in [-0.15, -0.1) is 0 Å². The minimum absolute atomic E-state index is 0.269. The maximum absolute atomic E-state index is 5.90. The number of nitrogens with two attached hydrogens (primary N) is 1. The normalized spacial score (nSPS) is 13.4. The molecule has 0 spiro atoms. The predicted octanol–water partition coefficient (Wildman–Crippen LogP) is 1.77. The van der Waals surface area contributed by atoms with Crippen LogP contribution in [-0.4, -0.2) is 32.3 Å². The van der Waals surface area contributed by atoms with E-state index in [1.165, 1.54) is 12.8 Å². The molecule has 0 amide bonds. The Labute approximate surface area is 94.8 Å². The summed E-state index contributed by atoms with van der Waals surface area (Å²) in [7, 11) is 0. The van der Waals surface area contributed by atoms with Gasteiger partial charge < -0.3 is 15.8 Å². The number of hydrogen-bond donors (Lipinski definition) is 2. The third kappa shape index (κ3) is 10.2. The monoisotopic (exact) mass is 216 g/mol. The summed E-state index contributed by atoms with van der Waals surface area (Å²) in [5.74, 6) is 0.554. The molecule has 0 saturated carbocycles. The van der Waals surface area contributed by atoms with E-state index in [2.05, 4.69) is 26.1 Å². The Hall–Kier alpha value is -0.120. The van der Waals surface area contributed by atoms with Crippen LogP contribution in [0.2, 0.25) is 0 Å². The first kappa shape index (κ1) is 14.9. The fourth-order valence-corrected chi connectivity index (χ4v) is 1.15. The molecule has 0 aliphatic heterocycles. The fourth-order valence-electron chi connectivity index (χ4n) is 1.15. The third-order valence-electron chi connectivity index (χ3n) is 2.52. The van der Waals surface area contributed by atoms with Crippen molar-refractivity contribution < 1.29 is 4.74 Å². The Balaban J connectivity index is 3.05. The van der Waals surface area contributed by atoms with Crippen molar-refractivity contribution in [3.05, 3.63) is 0 Å². The van der Waals surface area contributed by atoms with Crippen molar-refractivity contribution in [3.8, 4) is 0 Å². The molecule has 0 aromatic heterocycles. The molecule has 0 fully saturated rings. The first-order valence-corrected chi connectivity index (χ1v) is 6.22. The Morgan fingerprint density at radius 2 is 1.87 bits per heavy atom. The number of nitrogens with one attached hydrogen (secondary N) is 1. The van der Waals surface area contributed by atoms with E-state index in [0.717, 1.165) is 32.7 Å². The minimum Gasteiger partial charge on any atom is -0.381 e. The van der Waals surface area contributed by atoms with E-state index in [9.17, 15) is 0 Å². The van der Waals surface area contributed by atoms with E-state index in [1.54, 1.807) is 0 Å². The van der Waals surface area contributed by atoms with Crippen LogP contribution in [0.5, 0.6) is 0 Å². The van der Waals surface area contributed by atoms with E-state index in [-0.39, 0.29) is 6.04 Å². The van der Waals surface area contributed by atoms with E-state index >= 15 is 0 Å². The van der Waals surface area contributed by atoms with Crippen LogP contribution < -0.4 is 11.1 Å². The molecule has 0 bridgehead atoms. The third-order valence-corrected chi connectivity index (χ3v) is 2.52. The van der Waals surface area contributed by atoms with E-state index in [0.29, 0.717) is 5.92 Å². The summed E-state index contributed by atoms with van der Waals surface area (Å²) in [4.78, 5) is 0. The van der Waals surface area contributed by atoms with Crippen LogP contribution in [0.4, 0.5) is 0 Å². The van der Waals surface area contributed by atoms with E-state index in [4.69, 9.17) is 10.5 Å². The van der Waals surface area contributed by atoms with Gasteiger partial charge in [0, 0.05) is 25.8 Å². The largest absolute Gasteiger partial charge is 0.381 e. The molecule has 0 heterocycles. The highest BCUT2D eigenvalue weighted by Gasteiger charge is 2.05. The van der Waals surface area contributed by atoms with E-state index in [1.807, 2.05) is 0 Å². The molecule has 0 radical (unpaired) electrons. The van der Waals surface area contributed by atoms with Crippen LogP contribution >= 0.6 is 0 Å². The lowest BCUT2D eigenvalue weighted by Crippen LogP contribution is -2.38. The van der Waals surface area contributed by atoms with Gasteiger partial charge in [-0.25, -0.2) is 0 Å². The quantitative estimate of drug-likeness (QED) is 0.547. The van der Waals surface area contributed by atoms with Gasteiger partial charge in [-0.3, -0.25) is 0 Å². The molecule has 0 rings (SSSR count). The van der Waals surface area contributed by atoms with Gasteiger partial charge in [0.25, 0.3) is 0 Å². The fraction of sp³-hybridized carbons (Fsp3) is 1.00. The van der Waals surface area contributed by atoms with Crippen LogP contribution in [0.1, 0.15) is 40.0 Å². The van der Waals surface area contributed by atoms with E-state index < -0.39 is 0 Å². The summed E-state index contributed by atoms with van der Waals surface area (Å²) in [5.41, 5.74) is 5.90. The van der Waals surface area contributed by atoms with Crippen molar-refractivity contribution in [2.45, 2.75) is 46.1 Å². The molecule has 0 aliphatic rings. The summed E-state index contributed by atoms with van der Waals surface area (Å²) in [6.07, 6.45) is 3.46. The molecule has 15 heavy (non-hydrogen) atoms. The van der Waals surface area contributed by atoms with Crippen molar-refractivity contribution in [2.24, 2.45) is 11.7 Å². The van der Waals surface area contributed by atoms with Crippen LogP contribution in [0.25, 0.3) is 0 Å². The van der Waals surface area contributed by atoms with Gasteiger partial charge in [0.1, 0.15) is 0 Å². The summed E-state index contributed by atoms with van der Waals surface area (Å²) >= 11 is 0. The number of unbranched alkanes of at least 4 members (excludes halogenated alkanes) is 1. The lowest BCUT2D eigenvalue weighted by molar-refractivity contribution is 0.128. The van der Waals surface area contributed by atoms with Gasteiger partial charge in [-0.2, -0.15) is 0 Å². The van der Waals surface area contributed by atoms with Crippen LogP contribution in [0.15, 0.2) is 0 Å². The van der Waals surface area contributed by atoms with Crippen molar-refractivity contribution in [1.82, 2.24) is 5.32 Å². The molecular weight excluding hydrogens is 188 g/mol. The second kappa shape index (κ2) is 10.4. The number of rotatable bonds is 10. The number of ether oxygens (including phenoxy) is 1. The highest BCUT2D eigenvalue weighted by atomic mass is 16.5. The highest BCUT2D eigenvalue weighted by molar-refractivity contribution is 4.67. The topological polar surface area (TPSA) is 47.3 Å². The maximum Gasteiger partial charge on any atom is 0.0478 e. The Kier molecular flexibility index (Phi) is 10.3. The van der Waals surface area contributed by atoms with Crippen LogP contribution in [0, 0.1) is 5.92 Å². The lowest BCUT2D eigenvalue weighted by Gasteiger charge is -2.16. The zero-order chi connectivity index (χ0) is 11.5. The van der Waals surface area contributed by atoms with Gasteiger partial charge in [-0.1, -0.05) is 27.2 Å². The van der Waals surface area contributed by atoms with Crippen molar-refractivity contribution in [1.29, 1.82) is 0 Å². The van der Waals surface area contributed by atoms with Gasteiger partial charge in [0.15, 0.2) is 0 Å². The van der Waals surface area contributed by atoms with Crippen LogP contribution in [-0.2, 0) is 4.74 Å². The van der Waals surface area contributed by atoms with Crippen molar-refractivity contribution in [2.75, 3.05) is 26.3 Å². The summed E-state index contributed by atoms with van der Waals surface area (Å²) in [5, 5.41) is 3.35. The molecule has 1 atom stereocenters. The van der Waals surface area contributed by atoms with Crippen molar-refractivity contribution >= 4 is 0 Å². The molecule has 0 aliphatic carbocycles. The summed E-state index contributed by atoms with van der Waals surface area (Å²) in [6.45, 7) is 10.2. The Morgan fingerprint density at radius 3 is 2.47 bits per heavy atom. The zero-order valence-corrected chi connectivity index (χ0v) is 10.6. The lowest BCUT2D eigenvalue weighted by atomic mass is 10.1. The zero-order valence-electron chi connectivity index (χ0n) is 10.6. The summed E-state index contributed by atoms with van der Waals surface area (Å²) < 4.78 is 5.46. The Morgan fingerprint density at radius 1 is 1.20 bits per heavy atom. The Bertz CT molecular complexity index is 129. The average molecular weight is 216 g/mol. The predicted molar refractivity (Wildman–Crippen MR) is 66.0 cm³/mol. The van der Waals surface area contributed by atoms with Gasteiger partial charge in [-0.05, 0) is 25.3 Å². The maximum atomic E-state index is 5.90. The second-order valence-corrected chi connectivity index (χ2v) is 4.43. The first-order chi connectivity index (χ1) is 7.18. The molecule has 0 saturated heterocycles. The molecule has 3 heteroatoms. The molecular formula is C12H28N2O. The smallest absolute Gasteiger partial charge is 0.0478 e. The molecule has 3 nitrogen and oxygen atoms in total. The molecule has 3 N–H and O–H groups in total.